The third-order valence-electron chi connectivity index (χ3n) is 3.58. The molecule has 0 aliphatic carbocycles. The van der Waals surface area contributed by atoms with Crippen molar-refractivity contribution in [3.05, 3.63) is 59.5 Å². The summed E-state index contributed by atoms with van der Waals surface area (Å²) in [7, 11) is 0. The monoisotopic (exact) mass is 331 g/mol. The van der Waals surface area contributed by atoms with Crippen LogP contribution in [0.25, 0.3) is 11.0 Å². The summed E-state index contributed by atoms with van der Waals surface area (Å²) in [5.74, 6) is 1.02. The number of nitrogens with zero attached hydrogens (tertiary/aromatic N) is 3. The van der Waals surface area contributed by atoms with Gasteiger partial charge >= 0.3 is 6.18 Å². The van der Waals surface area contributed by atoms with Crippen molar-refractivity contribution in [1.29, 1.82) is 0 Å². The summed E-state index contributed by atoms with van der Waals surface area (Å²) < 4.78 is 38.6. The molecule has 1 radical (unpaired) electrons. The number of hydrogen-bond acceptors (Lipinski definition) is 4. The molecule has 2 aromatic heterocycles. The van der Waals surface area contributed by atoms with Crippen molar-refractivity contribution in [2.75, 3.05) is 5.32 Å². The number of aryl methyl sites for hydroxylation is 1. The standard InChI is InChI=1S/C17H14F3N4/c1-10(12-5-3-6-13(9-12)17(18,19)20)22-16-15-14(7-4-8-21-15)23-11(2)24-16/h3-7,9-10H,1-2H3,(H,22,23,24)/t10-/m1/s1. The van der Waals surface area contributed by atoms with E-state index in [1.54, 1.807) is 32.0 Å². The number of fused-ring (bicyclic) bond motifs is 1. The predicted octanol–water partition coefficient (Wildman–Crippen LogP) is 4.33. The Morgan fingerprint density at radius 3 is 2.71 bits per heavy atom. The maximum absolute atomic E-state index is 12.9. The molecule has 2 heterocycles. The van der Waals surface area contributed by atoms with Gasteiger partial charge in [0, 0.05) is 0 Å². The molecule has 0 aliphatic heterocycles. The van der Waals surface area contributed by atoms with Crippen molar-refractivity contribution in [1.82, 2.24) is 15.0 Å². The number of aromatic nitrogens is 3. The van der Waals surface area contributed by atoms with Crippen molar-refractivity contribution in [3.63, 3.8) is 0 Å². The molecule has 0 unspecified atom stereocenters. The Bertz CT molecular complexity index is 877. The number of halogens is 3. The highest BCUT2D eigenvalue weighted by Gasteiger charge is 2.30. The molecule has 24 heavy (non-hydrogen) atoms. The zero-order valence-corrected chi connectivity index (χ0v) is 13.0. The molecule has 1 aromatic carbocycles. The Balaban J connectivity index is 1.95. The van der Waals surface area contributed by atoms with Crippen LogP contribution in [0.4, 0.5) is 19.0 Å². The minimum absolute atomic E-state index is 0.383. The Morgan fingerprint density at radius 1 is 1.17 bits per heavy atom. The van der Waals surface area contributed by atoms with Crippen LogP contribution in [0.3, 0.4) is 0 Å². The van der Waals surface area contributed by atoms with Gasteiger partial charge in [-0.15, -0.1) is 0 Å². The van der Waals surface area contributed by atoms with Gasteiger partial charge in [-0.2, -0.15) is 13.2 Å². The van der Waals surface area contributed by atoms with Crippen molar-refractivity contribution < 1.29 is 13.2 Å². The highest BCUT2D eigenvalue weighted by molar-refractivity contribution is 5.84. The SMILES string of the molecule is Cc1nc(N[C@H](C)c2cccc(C(F)(F)F)c2)c2n[c]ccc2n1. The Kier molecular flexibility index (Phi) is 4.09. The van der Waals surface area contributed by atoms with Crippen LogP contribution in [0, 0.1) is 13.1 Å². The highest BCUT2D eigenvalue weighted by Crippen LogP contribution is 2.31. The number of rotatable bonds is 3. The molecule has 4 nitrogen and oxygen atoms in total. The van der Waals surface area contributed by atoms with E-state index in [1.807, 2.05) is 0 Å². The van der Waals surface area contributed by atoms with Crippen molar-refractivity contribution >= 4 is 16.9 Å². The second-order valence-corrected chi connectivity index (χ2v) is 5.42. The topological polar surface area (TPSA) is 50.7 Å². The first-order valence-corrected chi connectivity index (χ1v) is 7.30. The zero-order chi connectivity index (χ0) is 17.3. The van der Waals surface area contributed by atoms with Gasteiger partial charge in [0.15, 0.2) is 5.82 Å². The van der Waals surface area contributed by atoms with Gasteiger partial charge in [0.2, 0.25) is 0 Å². The molecule has 0 aliphatic rings. The highest BCUT2D eigenvalue weighted by atomic mass is 19.4. The number of benzene rings is 1. The average molecular weight is 331 g/mol. The van der Waals surface area contributed by atoms with E-state index in [9.17, 15) is 13.2 Å². The normalized spacial score (nSPS) is 13.0. The van der Waals surface area contributed by atoms with Gasteiger partial charge in [0.1, 0.15) is 11.3 Å². The predicted molar refractivity (Wildman–Crippen MR) is 84.4 cm³/mol. The molecular weight excluding hydrogens is 317 g/mol. The molecular formula is C17H14F3N4. The summed E-state index contributed by atoms with van der Waals surface area (Å²) in [4.78, 5) is 12.7. The second kappa shape index (κ2) is 6.07. The van der Waals surface area contributed by atoms with Crippen LogP contribution in [0.1, 0.15) is 29.9 Å². The quantitative estimate of drug-likeness (QED) is 0.776. The molecule has 0 fully saturated rings. The molecule has 1 atom stereocenters. The lowest BCUT2D eigenvalue weighted by Gasteiger charge is -2.17. The Hall–Kier alpha value is -2.70. The molecule has 1 N–H and O–H groups in total. The van der Waals surface area contributed by atoms with E-state index in [-0.39, 0.29) is 6.04 Å². The molecule has 0 bridgehead atoms. The van der Waals surface area contributed by atoms with Crippen LogP contribution in [0.15, 0.2) is 36.4 Å². The van der Waals surface area contributed by atoms with Gasteiger partial charge in [0.05, 0.1) is 23.3 Å². The largest absolute Gasteiger partial charge is 0.416 e. The summed E-state index contributed by atoms with van der Waals surface area (Å²) in [6.07, 6.45) is -1.65. The lowest BCUT2D eigenvalue weighted by atomic mass is 10.0. The molecule has 0 saturated heterocycles. The zero-order valence-electron chi connectivity index (χ0n) is 13.0. The molecule has 3 aromatic rings. The van der Waals surface area contributed by atoms with E-state index >= 15 is 0 Å². The number of anilines is 1. The summed E-state index contributed by atoms with van der Waals surface area (Å²) in [6.45, 7) is 3.52. The van der Waals surface area contributed by atoms with E-state index in [4.69, 9.17) is 0 Å². The third kappa shape index (κ3) is 3.29. The molecule has 0 spiro atoms. The Morgan fingerprint density at radius 2 is 1.96 bits per heavy atom. The van der Waals surface area contributed by atoms with E-state index in [0.29, 0.717) is 28.2 Å². The van der Waals surface area contributed by atoms with Gasteiger partial charge in [-0.25, -0.2) is 15.0 Å². The number of alkyl halides is 3. The fourth-order valence-corrected chi connectivity index (χ4v) is 2.41. The van der Waals surface area contributed by atoms with Crippen molar-refractivity contribution in [2.45, 2.75) is 26.1 Å². The molecule has 3 rings (SSSR count). The molecule has 123 valence electrons. The van der Waals surface area contributed by atoms with E-state index in [0.717, 1.165) is 12.1 Å². The molecule has 0 saturated carbocycles. The van der Waals surface area contributed by atoms with Crippen molar-refractivity contribution in [3.8, 4) is 0 Å². The van der Waals surface area contributed by atoms with Crippen LogP contribution in [-0.4, -0.2) is 15.0 Å². The Labute approximate surface area is 136 Å². The maximum Gasteiger partial charge on any atom is 0.416 e. The van der Waals surface area contributed by atoms with E-state index in [1.165, 1.54) is 6.07 Å². The number of hydrogen-bond donors (Lipinski definition) is 1. The first-order chi connectivity index (χ1) is 11.3. The van der Waals surface area contributed by atoms with Crippen LogP contribution in [0.5, 0.6) is 0 Å². The number of pyridine rings is 1. The van der Waals surface area contributed by atoms with Crippen LogP contribution in [-0.2, 0) is 6.18 Å². The van der Waals surface area contributed by atoms with Gasteiger partial charge in [-0.05, 0) is 43.7 Å². The average Bonchev–Trinajstić information content (AvgIpc) is 2.54. The second-order valence-electron chi connectivity index (χ2n) is 5.42. The maximum atomic E-state index is 12.9. The van der Waals surface area contributed by atoms with Gasteiger partial charge < -0.3 is 5.32 Å². The van der Waals surface area contributed by atoms with Gasteiger partial charge in [-0.1, -0.05) is 12.1 Å². The van der Waals surface area contributed by atoms with Crippen molar-refractivity contribution in [2.24, 2.45) is 0 Å². The van der Waals surface area contributed by atoms with Crippen LogP contribution in [0.2, 0.25) is 0 Å². The van der Waals surface area contributed by atoms with E-state index < -0.39 is 11.7 Å². The molecule has 7 heteroatoms. The first-order valence-electron chi connectivity index (χ1n) is 7.30. The van der Waals surface area contributed by atoms with Crippen LogP contribution < -0.4 is 5.32 Å². The lowest BCUT2D eigenvalue weighted by molar-refractivity contribution is -0.137. The number of nitrogens with one attached hydrogen (secondary N) is 1. The lowest BCUT2D eigenvalue weighted by Crippen LogP contribution is -2.12. The third-order valence-corrected chi connectivity index (χ3v) is 3.58. The fraction of sp³-hybridized carbons (Fsp3) is 0.235. The van der Waals surface area contributed by atoms with Crippen LogP contribution >= 0.6 is 0 Å². The molecule has 0 amide bonds. The minimum atomic E-state index is -4.37. The van der Waals surface area contributed by atoms with Gasteiger partial charge in [-0.3, -0.25) is 0 Å². The smallest absolute Gasteiger partial charge is 0.362 e. The fourth-order valence-electron chi connectivity index (χ4n) is 2.41. The minimum Gasteiger partial charge on any atom is -0.362 e. The van der Waals surface area contributed by atoms with E-state index in [2.05, 4.69) is 26.5 Å². The summed E-state index contributed by atoms with van der Waals surface area (Å²) >= 11 is 0. The summed E-state index contributed by atoms with van der Waals surface area (Å²) in [6, 6.07) is 8.25. The summed E-state index contributed by atoms with van der Waals surface area (Å²) in [5.41, 5.74) is 1.01. The first kappa shape index (κ1) is 16.2. The van der Waals surface area contributed by atoms with Gasteiger partial charge in [0.25, 0.3) is 0 Å². The summed E-state index contributed by atoms with van der Waals surface area (Å²) in [5, 5.41) is 3.12.